The number of aromatic nitrogens is 3. The molecule has 0 amide bonds. The number of rotatable bonds is 2. The highest BCUT2D eigenvalue weighted by Gasteiger charge is 2.16. The van der Waals surface area contributed by atoms with E-state index in [0.717, 1.165) is 62.3 Å². The summed E-state index contributed by atoms with van der Waals surface area (Å²) in [6.45, 7) is 5.21. The van der Waals surface area contributed by atoms with Crippen LogP contribution in [0.5, 0.6) is 0 Å². The molecule has 1 aliphatic rings. The third-order valence-corrected chi connectivity index (χ3v) is 7.67. The maximum absolute atomic E-state index is 14.2. The van der Waals surface area contributed by atoms with Crippen molar-refractivity contribution in [2.24, 2.45) is 7.05 Å². The first-order valence-corrected chi connectivity index (χ1v) is 13.4. The molecule has 2 aromatic heterocycles. The van der Waals surface area contributed by atoms with Gasteiger partial charge in [0.25, 0.3) is 0 Å². The van der Waals surface area contributed by atoms with E-state index in [1.807, 2.05) is 24.0 Å². The van der Waals surface area contributed by atoms with Gasteiger partial charge in [-0.2, -0.15) is 5.10 Å². The Hall–Kier alpha value is -3.74. The predicted octanol–water partition coefficient (Wildman–Crippen LogP) is 5.87. The van der Waals surface area contributed by atoms with Crippen LogP contribution < -0.4 is 0 Å². The number of aryl methyl sites for hydroxylation is 1. The smallest absolute Gasteiger partial charge is 0.123 e. The van der Waals surface area contributed by atoms with Crippen molar-refractivity contribution in [3.05, 3.63) is 113 Å². The minimum absolute atomic E-state index is 0.200. The molecule has 0 spiro atoms. The van der Waals surface area contributed by atoms with E-state index in [4.69, 9.17) is 0 Å². The molecule has 5 nitrogen and oxygen atoms in total. The zero-order valence-electron chi connectivity index (χ0n) is 22.1. The largest absolute Gasteiger partial charge is 0.339 e. The van der Waals surface area contributed by atoms with Crippen molar-refractivity contribution in [1.29, 1.82) is 0 Å². The summed E-state index contributed by atoms with van der Waals surface area (Å²) in [4.78, 5) is 4.88. The fourth-order valence-corrected chi connectivity index (χ4v) is 5.64. The van der Waals surface area contributed by atoms with Gasteiger partial charge in [0.05, 0.1) is 5.69 Å². The Morgan fingerprint density at radius 2 is 1.61 bits per heavy atom. The monoisotopic (exact) mass is 507 g/mol. The Bertz CT molecular complexity index is 1570. The van der Waals surface area contributed by atoms with E-state index in [2.05, 4.69) is 87.2 Å². The van der Waals surface area contributed by atoms with Crippen molar-refractivity contribution in [2.75, 3.05) is 20.1 Å². The van der Waals surface area contributed by atoms with E-state index in [-0.39, 0.29) is 5.82 Å². The van der Waals surface area contributed by atoms with Crippen LogP contribution in [0, 0.1) is 5.82 Å². The van der Waals surface area contributed by atoms with Crippen molar-refractivity contribution in [1.82, 2.24) is 24.1 Å². The van der Waals surface area contributed by atoms with Gasteiger partial charge in [0, 0.05) is 69.1 Å². The Morgan fingerprint density at radius 1 is 0.789 bits per heavy atom. The van der Waals surface area contributed by atoms with Gasteiger partial charge in [-0.25, -0.2) is 4.39 Å². The molecule has 0 saturated heterocycles. The van der Waals surface area contributed by atoms with E-state index in [1.165, 1.54) is 27.9 Å². The van der Waals surface area contributed by atoms with Crippen LogP contribution in [0.3, 0.4) is 0 Å². The molecule has 38 heavy (non-hydrogen) atoms. The quantitative estimate of drug-likeness (QED) is 0.299. The first-order valence-electron chi connectivity index (χ1n) is 13.4. The lowest BCUT2D eigenvalue weighted by molar-refractivity contribution is 0.241. The molecule has 0 N–H and O–H groups in total. The number of fused-ring (bicyclic) bond motifs is 8. The molecule has 3 aromatic carbocycles. The molecular weight excluding hydrogens is 473 g/mol. The highest BCUT2D eigenvalue weighted by Crippen LogP contribution is 2.30. The number of hydrogen-bond acceptors (Lipinski definition) is 3. The summed E-state index contributed by atoms with van der Waals surface area (Å²) in [5, 5.41) is 5.33. The molecule has 0 saturated carbocycles. The topological polar surface area (TPSA) is 29.2 Å². The first kappa shape index (κ1) is 24.6. The number of likely N-dealkylation sites (N-methyl/N-ethyl adjacent to an activating group) is 1. The second kappa shape index (κ2) is 10.6. The number of nitrogens with zero attached hydrogens (tertiary/aromatic N) is 5. The van der Waals surface area contributed by atoms with Crippen LogP contribution in [-0.4, -0.2) is 44.3 Å². The Balaban J connectivity index is 1.43. The Kier molecular flexibility index (Phi) is 6.83. The summed E-state index contributed by atoms with van der Waals surface area (Å²) in [7, 11) is 4.20. The summed E-state index contributed by atoms with van der Waals surface area (Å²) in [5.74, 6) is -0.200. The second-order valence-electron chi connectivity index (χ2n) is 10.5. The molecule has 6 rings (SSSR count). The van der Waals surface area contributed by atoms with Gasteiger partial charge < -0.3 is 9.47 Å². The van der Waals surface area contributed by atoms with E-state index < -0.39 is 0 Å². The Labute approximate surface area is 223 Å². The highest BCUT2D eigenvalue weighted by molar-refractivity contribution is 5.87. The molecule has 1 aliphatic heterocycles. The molecule has 4 bridgehead atoms. The average molecular weight is 508 g/mol. The highest BCUT2D eigenvalue weighted by atomic mass is 19.1. The van der Waals surface area contributed by atoms with Crippen LogP contribution in [0.2, 0.25) is 0 Å². The minimum atomic E-state index is -0.200. The van der Waals surface area contributed by atoms with Crippen molar-refractivity contribution in [3.63, 3.8) is 0 Å². The third-order valence-electron chi connectivity index (χ3n) is 7.67. The molecule has 6 heteroatoms. The molecule has 0 unspecified atom stereocenters. The van der Waals surface area contributed by atoms with Gasteiger partial charge in [-0.15, -0.1) is 0 Å². The summed E-state index contributed by atoms with van der Waals surface area (Å²) >= 11 is 0. The van der Waals surface area contributed by atoms with Crippen LogP contribution in [0.15, 0.2) is 85.1 Å². The van der Waals surface area contributed by atoms with E-state index in [9.17, 15) is 4.39 Å². The maximum atomic E-state index is 14.2. The van der Waals surface area contributed by atoms with Gasteiger partial charge in [0.1, 0.15) is 5.82 Å². The molecule has 0 radical (unpaired) electrons. The van der Waals surface area contributed by atoms with Crippen LogP contribution in [0.1, 0.15) is 22.4 Å². The molecule has 194 valence electrons. The Morgan fingerprint density at radius 3 is 2.45 bits per heavy atom. The van der Waals surface area contributed by atoms with Crippen LogP contribution in [0.25, 0.3) is 22.2 Å². The third kappa shape index (κ3) is 5.28. The van der Waals surface area contributed by atoms with E-state index in [1.54, 1.807) is 12.1 Å². The van der Waals surface area contributed by atoms with Crippen molar-refractivity contribution in [3.8, 4) is 11.3 Å². The second-order valence-corrected chi connectivity index (χ2v) is 10.5. The summed E-state index contributed by atoms with van der Waals surface area (Å²) in [5.41, 5.74) is 8.53. The number of hydrogen-bond donors (Lipinski definition) is 0. The molecule has 5 aromatic rings. The van der Waals surface area contributed by atoms with Gasteiger partial charge in [-0.3, -0.25) is 9.58 Å². The van der Waals surface area contributed by atoms with E-state index in [0.29, 0.717) is 0 Å². The number of halogens is 1. The molecule has 3 heterocycles. The lowest BCUT2D eigenvalue weighted by Gasteiger charge is -2.25. The van der Waals surface area contributed by atoms with Crippen LogP contribution >= 0.6 is 0 Å². The molecule has 0 aliphatic carbocycles. The maximum Gasteiger partial charge on any atom is 0.123 e. The van der Waals surface area contributed by atoms with Crippen LogP contribution in [-0.2, 0) is 39.6 Å². The van der Waals surface area contributed by atoms with E-state index >= 15 is 0 Å². The van der Waals surface area contributed by atoms with Gasteiger partial charge in [-0.1, -0.05) is 42.5 Å². The molecular formula is C32H34FN5. The predicted molar refractivity (Wildman–Crippen MR) is 151 cm³/mol. The van der Waals surface area contributed by atoms with Gasteiger partial charge >= 0.3 is 0 Å². The van der Waals surface area contributed by atoms with Gasteiger partial charge in [-0.05, 0) is 72.1 Å². The zero-order chi connectivity index (χ0) is 26.1. The fourth-order valence-electron chi connectivity index (χ4n) is 5.64. The van der Waals surface area contributed by atoms with Crippen molar-refractivity contribution < 1.29 is 4.39 Å². The average Bonchev–Trinajstić information content (AvgIpc) is 3.48. The zero-order valence-corrected chi connectivity index (χ0v) is 22.1. The van der Waals surface area contributed by atoms with Crippen LogP contribution in [0.4, 0.5) is 4.39 Å². The van der Waals surface area contributed by atoms with Gasteiger partial charge in [0.2, 0.25) is 0 Å². The number of benzene rings is 3. The van der Waals surface area contributed by atoms with Gasteiger partial charge in [0.15, 0.2) is 0 Å². The normalized spacial score (nSPS) is 15.6. The lowest BCUT2D eigenvalue weighted by atomic mass is 10.0. The van der Waals surface area contributed by atoms with Crippen molar-refractivity contribution >= 4 is 10.9 Å². The summed E-state index contributed by atoms with van der Waals surface area (Å²) < 4.78 is 18.5. The lowest BCUT2D eigenvalue weighted by Crippen LogP contribution is -2.28. The standard InChI is InChI=1S/C32H34FN5/c1-35-14-12-24-5-4-8-27(18-24)32-20-28-19-29(33)9-10-31(28)38(32)16-15-37(23-30-11-13-34-36(30)2)22-26-7-3-6-25(17-26)21-35/h3-11,13,17-20H,12,14-16,21-23H2,1-2H3. The minimum Gasteiger partial charge on any atom is -0.339 e. The summed E-state index contributed by atoms with van der Waals surface area (Å²) in [6, 6.07) is 27.2. The molecule has 0 fully saturated rings. The molecule has 0 atom stereocenters. The first-order chi connectivity index (χ1) is 18.5. The fraction of sp³-hybridized carbons (Fsp3) is 0.281. The summed E-state index contributed by atoms with van der Waals surface area (Å²) in [6.07, 6.45) is 2.85. The van der Waals surface area contributed by atoms with Crippen molar-refractivity contribution in [2.45, 2.75) is 32.6 Å². The SMILES string of the molecule is CN1CCc2cccc(c2)-c2cc3cc(F)ccc3n2CCN(Cc2ccnn2C)Cc2cccc(c2)C1.